The first-order chi connectivity index (χ1) is 12.1. The number of anilines is 2. The minimum absolute atomic E-state index is 0.0879. The van der Waals surface area contributed by atoms with Crippen molar-refractivity contribution >= 4 is 27.3 Å². The Labute approximate surface area is 151 Å². The molecule has 2 aromatic rings. The van der Waals surface area contributed by atoms with Gasteiger partial charge in [-0.15, -0.1) is 0 Å². The number of hydrogen-bond donors (Lipinski definition) is 2. The van der Waals surface area contributed by atoms with Crippen molar-refractivity contribution in [2.24, 2.45) is 5.14 Å². The topological polar surface area (TPSA) is 102 Å². The highest BCUT2D eigenvalue weighted by Gasteiger charge is 2.15. The Morgan fingerprint density at radius 3 is 2.46 bits per heavy atom. The Morgan fingerprint density at radius 1 is 1.23 bits per heavy atom. The summed E-state index contributed by atoms with van der Waals surface area (Å²) in [6.45, 7) is 0. The standard InChI is InChI=1S/C17H20FN3O4S/c1-21(2)15-6-5-12(26(19,23)24)10-14(15)20-17(22)9-11-4-7-16(25-3)13(18)8-11/h4-8,10H,9H2,1-3H3,(H,20,22)(H2,19,23,24). The fourth-order valence-corrected chi connectivity index (χ4v) is 2.92. The van der Waals surface area contributed by atoms with Crippen molar-refractivity contribution in [1.29, 1.82) is 0 Å². The maximum atomic E-state index is 13.7. The predicted molar refractivity (Wildman–Crippen MR) is 97.4 cm³/mol. The van der Waals surface area contributed by atoms with E-state index >= 15 is 0 Å². The Kier molecular flexibility index (Phi) is 5.83. The van der Waals surface area contributed by atoms with Gasteiger partial charge in [-0.1, -0.05) is 6.07 Å². The summed E-state index contributed by atoms with van der Waals surface area (Å²) < 4.78 is 41.7. The van der Waals surface area contributed by atoms with Crippen molar-refractivity contribution in [3.05, 3.63) is 47.8 Å². The first kappa shape index (κ1) is 19.7. The number of sulfonamides is 1. The van der Waals surface area contributed by atoms with Gasteiger partial charge in [0.1, 0.15) is 0 Å². The summed E-state index contributed by atoms with van der Waals surface area (Å²) in [6, 6.07) is 8.42. The van der Waals surface area contributed by atoms with E-state index in [4.69, 9.17) is 9.88 Å². The number of benzene rings is 2. The van der Waals surface area contributed by atoms with Crippen LogP contribution in [-0.4, -0.2) is 35.5 Å². The summed E-state index contributed by atoms with van der Waals surface area (Å²) in [5.41, 5.74) is 1.35. The molecule has 0 spiro atoms. The second kappa shape index (κ2) is 7.71. The summed E-state index contributed by atoms with van der Waals surface area (Å²) in [7, 11) is 0.945. The van der Waals surface area contributed by atoms with Crippen LogP contribution in [0.2, 0.25) is 0 Å². The summed E-state index contributed by atoms with van der Waals surface area (Å²) in [6.07, 6.45) is -0.0899. The Hall–Kier alpha value is -2.65. The molecule has 0 aliphatic heterocycles. The molecule has 3 N–H and O–H groups in total. The predicted octanol–water partition coefficient (Wildman–Crippen LogP) is 1.73. The van der Waals surface area contributed by atoms with Crippen LogP contribution in [0.15, 0.2) is 41.3 Å². The van der Waals surface area contributed by atoms with Crippen molar-refractivity contribution < 1.29 is 22.3 Å². The van der Waals surface area contributed by atoms with Crippen LogP contribution in [-0.2, 0) is 21.2 Å². The second-order valence-corrected chi connectivity index (χ2v) is 7.37. The number of nitrogens with one attached hydrogen (secondary N) is 1. The van der Waals surface area contributed by atoms with Crippen LogP contribution >= 0.6 is 0 Å². The van der Waals surface area contributed by atoms with Gasteiger partial charge in [0.05, 0.1) is 29.8 Å². The zero-order valence-electron chi connectivity index (χ0n) is 14.6. The fourth-order valence-electron chi connectivity index (χ4n) is 2.38. The minimum atomic E-state index is -3.91. The van der Waals surface area contributed by atoms with Crippen LogP contribution in [0.5, 0.6) is 5.75 Å². The van der Waals surface area contributed by atoms with E-state index in [1.807, 2.05) is 0 Å². The maximum Gasteiger partial charge on any atom is 0.238 e. The lowest BCUT2D eigenvalue weighted by atomic mass is 10.1. The third kappa shape index (κ3) is 4.70. The zero-order chi connectivity index (χ0) is 19.5. The molecule has 0 bridgehead atoms. The molecule has 7 nitrogen and oxygen atoms in total. The lowest BCUT2D eigenvalue weighted by molar-refractivity contribution is -0.115. The summed E-state index contributed by atoms with van der Waals surface area (Å²) in [4.78, 5) is 13.9. The van der Waals surface area contributed by atoms with Crippen LogP contribution in [0.1, 0.15) is 5.56 Å². The number of amides is 1. The maximum absolute atomic E-state index is 13.7. The summed E-state index contributed by atoms with van der Waals surface area (Å²) >= 11 is 0. The van der Waals surface area contributed by atoms with Crippen molar-refractivity contribution in [3.63, 3.8) is 0 Å². The fraction of sp³-hybridized carbons (Fsp3) is 0.235. The van der Waals surface area contributed by atoms with Crippen LogP contribution in [0, 0.1) is 5.82 Å². The molecule has 0 aliphatic rings. The molecule has 1 amide bonds. The molecule has 0 radical (unpaired) electrons. The van der Waals surface area contributed by atoms with E-state index in [0.29, 0.717) is 16.9 Å². The number of halogens is 1. The molecule has 0 aromatic heterocycles. The van der Waals surface area contributed by atoms with Gasteiger partial charge in [0.25, 0.3) is 0 Å². The zero-order valence-corrected chi connectivity index (χ0v) is 15.4. The normalized spacial score (nSPS) is 11.1. The van der Waals surface area contributed by atoms with E-state index in [2.05, 4.69) is 5.32 Å². The molecule has 140 valence electrons. The van der Waals surface area contributed by atoms with Gasteiger partial charge in [-0.2, -0.15) is 0 Å². The van der Waals surface area contributed by atoms with Crippen molar-refractivity contribution in [3.8, 4) is 5.75 Å². The number of methoxy groups -OCH3 is 1. The molecule has 2 rings (SSSR count). The average Bonchev–Trinajstić information content (AvgIpc) is 2.53. The molecule has 0 unspecified atom stereocenters. The van der Waals surface area contributed by atoms with E-state index in [1.54, 1.807) is 31.1 Å². The van der Waals surface area contributed by atoms with Crippen molar-refractivity contribution in [1.82, 2.24) is 0 Å². The lowest BCUT2D eigenvalue weighted by Gasteiger charge is -2.19. The molecule has 0 heterocycles. The minimum Gasteiger partial charge on any atom is -0.494 e. The number of primary sulfonamides is 1. The van der Waals surface area contributed by atoms with Gasteiger partial charge in [-0.25, -0.2) is 17.9 Å². The average molecular weight is 381 g/mol. The smallest absolute Gasteiger partial charge is 0.238 e. The van der Waals surface area contributed by atoms with Crippen LogP contribution in [0.25, 0.3) is 0 Å². The molecular weight excluding hydrogens is 361 g/mol. The number of ether oxygens (including phenoxy) is 1. The number of nitrogens with two attached hydrogens (primary N) is 1. The van der Waals surface area contributed by atoms with Gasteiger partial charge >= 0.3 is 0 Å². The number of nitrogens with zero attached hydrogens (tertiary/aromatic N) is 1. The highest BCUT2D eigenvalue weighted by molar-refractivity contribution is 7.89. The number of carbonyl (C=O) groups is 1. The summed E-state index contributed by atoms with van der Waals surface area (Å²) in [5, 5.41) is 7.79. The monoisotopic (exact) mass is 381 g/mol. The van der Waals surface area contributed by atoms with Gasteiger partial charge in [0, 0.05) is 14.1 Å². The Bertz CT molecular complexity index is 930. The van der Waals surface area contributed by atoms with Gasteiger partial charge in [-0.05, 0) is 35.9 Å². The quantitative estimate of drug-likeness (QED) is 0.793. The third-order valence-electron chi connectivity index (χ3n) is 3.63. The van der Waals surface area contributed by atoms with Gasteiger partial charge in [0.2, 0.25) is 15.9 Å². The largest absolute Gasteiger partial charge is 0.494 e. The Morgan fingerprint density at radius 2 is 1.92 bits per heavy atom. The number of hydrogen-bond acceptors (Lipinski definition) is 5. The van der Waals surface area contributed by atoms with Crippen LogP contribution in [0.3, 0.4) is 0 Å². The van der Waals surface area contributed by atoms with Crippen molar-refractivity contribution in [2.45, 2.75) is 11.3 Å². The first-order valence-electron chi connectivity index (χ1n) is 7.58. The van der Waals surface area contributed by atoms with E-state index in [0.717, 1.165) is 0 Å². The molecule has 0 saturated heterocycles. The molecule has 0 saturated carbocycles. The Balaban J connectivity index is 2.26. The molecule has 26 heavy (non-hydrogen) atoms. The first-order valence-corrected chi connectivity index (χ1v) is 9.13. The van der Waals surface area contributed by atoms with E-state index in [-0.39, 0.29) is 17.1 Å². The highest BCUT2D eigenvalue weighted by Crippen LogP contribution is 2.27. The van der Waals surface area contributed by atoms with Gasteiger partial charge < -0.3 is 15.0 Å². The molecule has 0 aliphatic carbocycles. The number of rotatable bonds is 6. The number of carbonyl (C=O) groups excluding carboxylic acids is 1. The molecular formula is C17H20FN3O4S. The summed E-state index contributed by atoms with van der Waals surface area (Å²) in [5.74, 6) is -0.905. The molecule has 0 atom stereocenters. The highest BCUT2D eigenvalue weighted by atomic mass is 32.2. The lowest BCUT2D eigenvalue weighted by Crippen LogP contribution is -2.19. The molecule has 0 fully saturated rings. The third-order valence-corrected chi connectivity index (χ3v) is 4.54. The SMILES string of the molecule is COc1ccc(CC(=O)Nc2cc(S(N)(=O)=O)ccc2N(C)C)cc1F. The van der Waals surface area contributed by atoms with Gasteiger partial charge in [-0.3, -0.25) is 4.79 Å². The van der Waals surface area contributed by atoms with E-state index in [1.165, 1.54) is 31.4 Å². The van der Waals surface area contributed by atoms with E-state index in [9.17, 15) is 17.6 Å². The molecule has 9 heteroatoms. The van der Waals surface area contributed by atoms with E-state index < -0.39 is 21.7 Å². The van der Waals surface area contributed by atoms with Crippen molar-refractivity contribution in [2.75, 3.05) is 31.4 Å². The molecule has 2 aromatic carbocycles. The van der Waals surface area contributed by atoms with Crippen LogP contribution in [0.4, 0.5) is 15.8 Å². The van der Waals surface area contributed by atoms with Crippen LogP contribution < -0.4 is 20.1 Å². The van der Waals surface area contributed by atoms with Gasteiger partial charge in [0.15, 0.2) is 11.6 Å². The second-order valence-electron chi connectivity index (χ2n) is 5.81.